The summed E-state index contributed by atoms with van der Waals surface area (Å²) in [7, 11) is 3.82. The van der Waals surface area contributed by atoms with Crippen molar-refractivity contribution in [2.45, 2.75) is 13.0 Å². The Balaban J connectivity index is 3.21. The highest BCUT2D eigenvalue weighted by Crippen LogP contribution is 1.78. The van der Waals surface area contributed by atoms with Gasteiger partial charge < -0.3 is 10.6 Å². The molecule has 0 aliphatic heterocycles. The third kappa shape index (κ3) is 3.68. The Morgan fingerprint density at radius 2 is 2.00 bits per heavy atom. The van der Waals surface area contributed by atoms with Crippen LogP contribution in [0.15, 0.2) is 12.3 Å². The first kappa shape index (κ1) is 7.50. The highest BCUT2D eigenvalue weighted by molar-refractivity contribution is 4.87. The van der Waals surface area contributed by atoms with Gasteiger partial charge in [-0.25, -0.2) is 0 Å². The Bertz CT molecular complexity index is 68.9. The van der Waals surface area contributed by atoms with Gasteiger partial charge in [0.15, 0.2) is 0 Å². The third-order valence-electron chi connectivity index (χ3n) is 1.01. The van der Waals surface area contributed by atoms with Crippen LogP contribution >= 0.6 is 0 Å². The van der Waals surface area contributed by atoms with Gasteiger partial charge in [-0.2, -0.15) is 0 Å². The second-order valence-electron chi connectivity index (χ2n) is 1.73. The molecule has 0 saturated carbocycles. The van der Waals surface area contributed by atoms with Crippen LogP contribution in [0.1, 0.15) is 6.92 Å². The van der Waals surface area contributed by atoms with Crippen LogP contribution < -0.4 is 10.6 Å². The van der Waals surface area contributed by atoms with E-state index in [9.17, 15) is 0 Å². The molecule has 2 N–H and O–H groups in total. The van der Waals surface area contributed by atoms with Crippen molar-refractivity contribution < 1.29 is 0 Å². The Morgan fingerprint density at radius 3 is 2.38 bits per heavy atom. The third-order valence-corrected chi connectivity index (χ3v) is 1.01. The molecule has 0 aromatic carbocycles. The van der Waals surface area contributed by atoms with E-state index in [1.807, 2.05) is 20.3 Å². The van der Waals surface area contributed by atoms with E-state index in [0.29, 0.717) is 6.04 Å². The van der Waals surface area contributed by atoms with Crippen LogP contribution in [0.5, 0.6) is 0 Å². The minimum atomic E-state index is 0.461. The molecular formula is C6H14N2. The molecule has 0 heterocycles. The molecule has 2 heteroatoms. The van der Waals surface area contributed by atoms with E-state index < -0.39 is 0 Å². The molecule has 0 saturated heterocycles. The van der Waals surface area contributed by atoms with Gasteiger partial charge in [-0.15, -0.1) is 0 Å². The average molecular weight is 114 g/mol. The van der Waals surface area contributed by atoms with Crippen molar-refractivity contribution in [2.24, 2.45) is 0 Å². The summed E-state index contributed by atoms with van der Waals surface area (Å²) in [5.74, 6) is 0. The van der Waals surface area contributed by atoms with Crippen molar-refractivity contribution in [2.75, 3.05) is 14.1 Å². The van der Waals surface area contributed by atoms with Crippen LogP contribution in [0, 0.1) is 0 Å². The predicted octanol–water partition coefficient (Wildman–Crippen LogP) is 0.327. The van der Waals surface area contributed by atoms with Crippen molar-refractivity contribution >= 4 is 0 Å². The molecule has 0 aliphatic rings. The second-order valence-corrected chi connectivity index (χ2v) is 1.73. The standard InChI is InChI=1S/C6H14N2/c1-6(8-3)4-5-7-2/h4-8H,1-3H3. The zero-order valence-corrected chi connectivity index (χ0v) is 5.73. The number of rotatable bonds is 3. The lowest BCUT2D eigenvalue weighted by molar-refractivity contribution is 0.725. The van der Waals surface area contributed by atoms with Crippen LogP contribution in [0.25, 0.3) is 0 Å². The summed E-state index contributed by atoms with van der Waals surface area (Å²) in [6.45, 7) is 2.09. The summed E-state index contributed by atoms with van der Waals surface area (Å²) in [4.78, 5) is 0. The normalized spacial score (nSPS) is 14.4. The van der Waals surface area contributed by atoms with Gasteiger partial charge >= 0.3 is 0 Å². The molecule has 8 heavy (non-hydrogen) atoms. The van der Waals surface area contributed by atoms with Crippen LogP contribution in [-0.4, -0.2) is 20.1 Å². The second kappa shape index (κ2) is 4.65. The summed E-state index contributed by atoms with van der Waals surface area (Å²) in [5.41, 5.74) is 0. The van der Waals surface area contributed by atoms with Crippen LogP contribution in [0.4, 0.5) is 0 Å². The fourth-order valence-corrected chi connectivity index (χ4v) is 0.337. The summed E-state index contributed by atoms with van der Waals surface area (Å²) in [6.07, 6.45) is 3.97. The maximum Gasteiger partial charge on any atom is 0.0235 e. The summed E-state index contributed by atoms with van der Waals surface area (Å²) in [6, 6.07) is 0.461. The van der Waals surface area contributed by atoms with E-state index in [2.05, 4.69) is 23.6 Å². The van der Waals surface area contributed by atoms with E-state index in [4.69, 9.17) is 0 Å². The fourth-order valence-electron chi connectivity index (χ4n) is 0.337. The van der Waals surface area contributed by atoms with Crippen molar-refractivity contribution in [1.29, 1.82) is 0 Å². The maximum atomic E-state index is 3.07. The smallest absolute Gasteiger partial charge is 0.0235 e. The van der Waals surface area contributed by atoms with Gasteiger partial charge in [0.2, 0.25) is 0 Å². The fraction of sp³-hybridized carbons (Fsp3) is 0.667. The molecule has 0 spiro atoms. The predicted molar refractivity (Wildman–Crippen MR) is 36.7 cm³/mol. The molecule has 48 valence electrons. The van der Waals surface area contributed by atoms with E-state index >= 15 is 0 Å². The monoisotopic (exact) mass is 114 g/mol. The Kier molecular flexibility index (Phi) is 4.36. The van der Waals surface area contributed by atoms with Gasteiger partial charge in [-0.1, -0.05) is 6.08 Å². The van der Waals surface area contributed by atoms with Gasteiger partial charge in [0.1, 0.15) is 0 Å². The first-order valence-electron chi connectivity index (χ1n) is 2.82. The van der Waals surface area contributed by atoms with Gasteiger partial charge in [-0.3, -0.25) is 0 Å². The molecule has 0 bridgehead atoms. The topological polar surface area (TPSA) is 24.1 Å². The molecule has 0 aliphatic carbocycles. The number of hydrogen-bond acceptors (Lipinski definition) is 2. The van der Waals surface area contributed by atoms with Crippen molar-refractivity contribution in [3.8, 4) is 0 Å². The molecule has 0 aromatic rings. The van der Waals surface area contributed by atoms with Crippen molar-refractivity contribution in [3.63, 3.8) is 0 Å². The molecule has 1 atom stereocenters. The van der Waals surface area contributed by atoms with Crippen molar-refractivity contribution in [3.05, 3.63) is 12.3 Å². The molecular weight excluding hydrogens is 100 g/mol. The first-order chi connectivity index (χ1) is 3.81. The first-order valence-corrected chi connectivity index (χ1v) is 2.82. The average Bonchev–Trinajstić information content (AvgIpc) is 1.83. The van der Waals surface area contributed by atoms with Crippen LogP contribution in [0.2, 0.25) is 0 Å². The van der Waals surface area contributed by atoms with Crippen LogP contribution in [-0.2, 0) is 0 Å². The lowest BCUT2D eigenvalue weighted by atomic mass is 10.3. The number of nitrogens with one attached hydrogen (secondary N) is 2. The minimum Gasteiger partial charge on any atom is -0.394 e. The van der Waals surface area contributed by atoms with Gasteiger partial charge in [-0.05, 0) is 20.2 Å². The molecule has 0 rings (SSSR count). The summed E-state index contributed by atoms with van der Waals surface area (Å²) < 4.78 is 0. The largest absolute Gasteiger partial charge is 0.394 e. The van der Waals surface area contributed by atoms with E-state index in [0.717, 1.165) is 0 Å². The zero-order chi connectivity index (χ0) is 6.41. The SMILES string of the molecule is CNC=CC(C)NC. The van der Waals surface area contributed by atoms with E-state index in [1.165, 1.54) is 0 Å². The van der Waals surface area contributed by atoms with Gasteiger partial charge in [0.25, 0.3) is 0 Å². The van der Waals surface area contributed by atoms with Gasteiger partial charge in [0, 0.05) is 13.1 Å². The maximum absolute atomic E-state index is 3.07. The summed E-state index contributed by atoms with van der Waals surface area (Å²) in [5, 5.41) is 5.99. The molecule has 0 aromatic heterocycles. The Hall–Kier alpha value is -0.500. The summed E-state index contributed by atoms with van der Waals surface area (Å²) >= 11 is 0. The Morgan fingerprint density at radius 1 is 1.38 bits per heavy atom. The highest BCUT2D eigenvalue weighted by Gasteiger charge is 1.84. The molecule has 0 fully saturated rings. The van der Waals surface area contributed by atoms with Crippen LogP contribution in [0.3, 0.4) is 0 Å². The van der Waals surface area contributed by atoms with Gasteiger partial charge in [0.05, 0.1) is 0 Å². The number of hydrogen-bond donors (Lipinski definition) is 2. The lowest BCUT2D eigenvalue weighted by Gasteiger charge is -2.00. The molecule has 0 amide bonds. The van der Waals surface area contributed by atoms with Crippen molar-refractivity contribution in [1.82, 2.24) is 10.6 Å². The molecule has 0 radical (unpaired) electrons. The van der Waals surface area contributed by atoms with E-state index in [-0.39, 0.29) is 0 Å². The molecule has 2 nitrogen and oxygen atoms in total. The van der Waals surface area contributed by atoms with E-state index in [1.54, 1.807) is 0 Å². The molecule has 1 unspecified atom stereocenters. The lowest BCUT2D eigenvalue weighted by Crippen LogP contribution is -2.18. The minimum absolute atomic E-state index is 0.461. The zero-order valence-electron chi connectivity index (χ0n) is 5.73. The Labute approximate surface area is 51.0 Å². The highest BCUT2D eigenvalue weighted by atomic mass is 14.9. The quantitative estimate of drug-likeness (QED) is 0.552. The number of likely N-dealkylation sites (N-methyl/N-ethyl adjacent to an activating group) is 1.